The number of halogens is 2. The van der Waals surface area contributed by atoms with E-state index in [-0.39, 0.29) is 33.0 Å². The fraction of sp³-hybridized carbons (Fsp3) is 0.0690. The summed E-state index contributed by atoms with van der Waals surface area (Å²) in [5.74, 6) is -3.80. The summed E-state index contributed by atoms with van der Waals surface area (Å²) < 4.78 is 14.0. The molecule has 0 aliphatic rings. The van der Waals surface area contributed by atoms with Crippen LogP contribution in [-0.2, 0) is 4.79 Å². The molecule has 0 fully saturated rings. The number of carbonyl (C=O) groups is 4. The van der Waals surface area contributed by atoms with E-state index in [2.05, 4.69) is 15.6 Å². The number of benzene rings is 3. The number of amides is 2. The number of ketones is 1. The van der Waals surface area contributed by atoms with Crippen LogP contribution >= 0.6 is 11.6 Å². The monoisotopic (exact) mass is 545 g/mol. The second kappa shape index (κ2) is 12.1. The number of nitrogens with zero attached hydrogens (tertiary/aromatic N) is 1. The zero-order valence-electron chi connectivity index (χ0n) is 20.2. The van der Waals surface area contributed by atoms with Crippen LogP contribution in [-0.4, -0.2) is 33.7 Å². The van der Waals surface area contributed by atoms with Crippen molar-refractivity contribution in [1.29, 1.82) is 0 Å². The van der Waals surface area contributed by atoms with Crippen molar-refractivity contribution in [3.63, 3.8) is 0 Å². The summed E-state index contributed by atoms with van der Waals surface area (Å²) in [6.45, 7) is 0. The molecule has 0 saturated carbocycles. The molecule has 3 N–H and O–H groups in total. The van der Waals surface area contributed by atoms with Gasteiger partial charge < -0.3 is 15.7 Å². The van der Waals surface area contributed by atoms with E-state index in [0.717, 1.165) is 6.07 Å². The van der Waals surface area contributed by atoms with Gasteiger partial charge in [-0.25, -0.2) is 4.39 Å². The first-order valence-electron chi connectivity index (χ1n) is 11.7. The summed E-state index contributed by atoms with van der Waals surface area (Å²) in [5, 5.41) is 14.6. The Labute approximate surface area is 227 Å². The number of aliphatic carboxylic acids is 1. The number of carboxylic acids is 1. The van der Waals surface area contributed by atoms with E-state index in [1.54, 1.807) is 24.3 Å². The van der Waals surface area contributed by atoms with Crippen molar-refractivity contribution in [3.05, 3.63) is 130 Å². The average molecular weight is 546 g/mol. The molecule has 0 spiro atoms. The normalized spacial score (nSPS) is 11.3. The molecule has 1 heterocycles. The fourth-order valence-corrected chi connectivity index (χ4v) is 4.04. The molecule has 39 heavy (non-hydrogen) atoms. The predicted molar refractivity (Wildman–Crippen MR) is 142 cm³/mol. The Morgan fingerprint density at radius 1 is 0.872 bits per heavy atom. The van der Waals surface area contributed by atoms with E-state index in [1.807, 2.05) is 0 Å². The molecule has 0 radical (unpaired) electrons. The molecule has 4 rings (SSSR count). The molecule has 4 aromatic rings. The molecule has 2 amide bonds. The summed E-state index contributed by atoms with van der Waals surface area (Å²) in [7, 11) is 0. The maximum atomic E-state index is 14.0. The van der Waals surface area contributed by atoms with Gasteiger partial charge in [0.25, 0.3) is 11.8 Å². The van der Waals surface area contributed by atoms with Crippen molar-refractivity contribution >= 4 is 40.9 Å². The first-order chi connectivity index (χ1) is 18.7. The minimum absolute atomic E-state index is 0.0219. The van der Waals surface area contributed by atoms with E-state index in [0.29, 0.717) is 5.56 Å². The van der Waals surface area contributed by atoms with Gasteiger partial charge in [-0.3, -0.25) is 24.2 Å². The molecule has 1 unspecified atom stereocenters. The Hall–Kier alpha value is -4.89. The van der Waals surface area contributed by atoms with Gasteiger partial charge in [0.05, 0.1) is 34.3 Å². The van der Waals surface area contributed by atoms with Crippen molar-refractivity contribution in [2.24, 2.45) is 0 Å². The lowest BCUT2D eigenvalue weighted by atomic mass is 9.96. The van der Waals surface area contributed by atoms with Crippen LogP contribution in [0.4, 0.5) is 10.1 Å². The van der Waals surface area contributed by atoms with Gasteiger partial charge in [-0.05, 0) is 48.0 Å². The van der Waals surface area contributed by atoms with Crippen molar-refractivity contribution in [1.82, 2.24) is 10.3 Å². The Bertz CT molecular complexity index is 1560. The van der Waals surface area contributed by atoms with Crippen LogP contribution in [0.1, 0.15) is 54.7 Å². The molecule has 3 aromatic carbocycles. The SMILES string of the molecule is O=C(O)CC(NC(=O)c1ccccc1C(=O)c1ccc(Cl)c(NC(=O)c2ccccc2F)c1)c1cccnc1. The van der Waals surface area contributed by atoms with Crippen LogP contribution in [0.5, 0.6) is 0 Å². The summed E-state index contributed by atoms with van der Waals surface area (Å²) in [4.78, 5) is 54.7. The van der Waals surface area contributed by atoms with Gasteiger partial charge in [-0.1, -0.05) is 48.0 Å². The summed E-state index contributed by atoms with van der Waals surface area (Å²) in [6.07, 6.45) is 2.59. The van der Waals surface area contributed by atoms with Crippen LogP contribution in [0.25, 0.3) is 0 Å². The van der Waals surface area contributed by atoms with Gasteiger partial charge in [0.1, 0.15) is 5.82 Å². The summed E-state index contributed by atoms with van der Waals surface area (Å²) in [6, 6.07) is 18.0. The van der Waals surface area contributed by atoms with E-state index < -0.39 is 41.8 Å². The van der Waals surface area contributed by atoms with E-state index in [9.17, 15) is 28.7 Å². The number of aromatic nitrogens is 1. The second-order valence-electron chi connectivity index (χ2n) is 8.41. The van der Waals surface area contributed by atoms with Gasteiger partial charge in [0, 0.05) is 23.5 Å². The lowest BCUT2D eigenvalue weighted by Gasteiger charge is -2.18. The number of carbonyl (C=O) groups excluding carboxylic acids is 3. The molecule has 0 aliphatic heterocycles. The number of rotatable bonds is 9. The standard InChI is InChI=1S/C29H21ClFN3O5/c30-22-12-11-17(14-25(22)34-29(39)21-9-3-4-10-23(21)31)27(37)19-7-1-2-8-20(19)28(38)33-24(15-26(35)36)18-6-5-13-32-16-18/h1-14,16,24H,15H2,(H,33,38)(H,34,39)(H,35,36). The quantitative estimate of drug-likeness (QED) is 0.245. The van der Waals surface area contributed by atoms with Crippen LogP contribution in [0.2, 0.25) is 5.02 Å². The topological polar surface area (TPSA) is 125 Å². The van der Waals surface area contributed by atoms with Gasteiger partial charge in [0.2, 0.25) is 0 Å². The lowest BCUT2D eigenvalue weighted by Crippen LogP contribution is -2.31. The molecule has 196 valence electrons. The highest BCUT2D eigenvalue weighted by Gasteiger charge is 2.24. The molecular weight excluding hydrogens is 525 g/mol. The first-order valence-corrected chi connectivity index (χ1v) is 12.0. The van der Waals surface area contributed by atoms with Gasteiger partial charge >= 0.3 is 5.97 Å². The molecule has 0 saturated heterocycles. The highest BCUT2D eigenvalue weighted by molar-refractivity contribution is 6.34. The number of hydrogen-bond acceptors (Lipinski definition) is 5. The van der Waals surface area contributed by atoms with Crippen molar-refractivity contribution in [2.75, 3.05) is 5.32 Å². The molecule has 0 aliphatic carbocycles. The minimum Gasteiger partial charge on any atom is -0.481 e. The largest absolute Gasteiger partial charge is 0.481 e. The molecule has 1 atom stereocenters. The Morgan fingerprint density at radius 2 is 1.56 bits per heavy atom. The fourth-order valence-electron chi connectivity index (χ4n) is 3.88. The summed E-state index contributed by atoms with van der Waals surface area (Å²) in [5.41, 5.74) is 0.549. The Morgan fingerprint density at radius 3 is 2.23 bits per heavy atom. The van der Waals surface area contributed by atoms with Crippen LogP contribution in [0, 0.1) is 5.82 Å². The van der Waals surface area contributed by atoms with E-state index in [4.69, 9.17) is 11.6 Å². The molecular formula is C29H21ClFN3O5. The molecule has 10 heteroatoms. The Kier molecular flexibility index (Phi) is 8.43. The third-order valence-corrected chi connectivity index (χ3v) is 6.11. The predicted octanol–water partition coefficient (Wildman–Crippen LogP) is 5.30. The average Bonchev–Trinajstić information content (AvgIpc) is 2.94. The third-order valence-electron chi connectivity index (χ3n) is 5.78. The summed E-state index contributed by atoms with van der Waals surface area (Å²) >= 11 is 6.22. The van der Waals surface area contributed by atoms with Gasteiger partial charge in [-0.15, -0.1) is 0 Å². The number of pyridine rings is 1. The van der Waals surface area contributed by atoms with E-state index in [1.165, 1.54) is 60.9 Å². The van der Waals surface area contributed by atoms with E-state index >= 15 is 0 Å². The maximum absolute atomic E-state index is 14.0. The first kappa shape index (κ1) is 27.2. The highest BCUT2D eigenvalue weighted by atomic mass is 35.5. The zero-order chi connectivity index (χ0) is 27.9. The Balaban J connectivity index is 1.61. The van der Waals surface area contributed by atoms with Crippen LogP contribution < -0.4 is 10.6 Å². The zero-order valence-corrected chi connectivity index (χ0v) is 21.0. The maximum Gasteiger partial charge on any atom is 0.305 e. The third kappa shape index (κ3) is 6.52. The van der Waals surface area contributed by atoms with Gasteiger partial charge in [0.15, 0.2) is 5.78 Å². The second-order valence-corrected chi connectivity index (χ2v) is 8.82. The lowest BCUT2D eigenvalue weighted by molar-refractivity contribution is -0.137. The molecule has 1 aromatic heterocycles. The molecule has 8 nitrogen and oxygen atoms in total. The highest BCUT2D eigenvalue weighted by Crippen LogP contribution is 2.26. The number of carboxylic acid groups (broad SMARTS) is 1. The smallest absolute Gasteiger partial charge is 0.305 e. The van der Waals surface area contributed by atoms with Crippen LogP contribution in [0.3, 0.4) is 0 Å². The van der Waals surface area contributed by atoms with Crippen molar-refractivity contribution < 1.29 is 28.7 Å². The number of hydrogen-bond donors (Lipinski definition) is 3. The number of anilines is 1. The van der Waals surface area contributed by atoms with Crippen molar-refractivity contribution in [3.8, 4) is 0 Å². The molecule has 0 bridgehead atoms. The number of nitrogens with one attached hydrogen (secondary N) is 2. The van der Waals surface area contributed by atoms with Crippen molar-refractivity contribution in [2.45, 2.75) is 12.5 Å². The minimum atomic E-state index is -1.13. The van der Waals surface area contributed by atoms with Gasteiger partial charge in [-0.2, -0.15) is 0 Å². The van der Waals surface area contributed by atoms with Crippen LogP contribution in [0.15, 0.2) is 91.3 Å².